The molecule has 0 aromatic heterocycles. The van der Waals surface area contributed by atoms with Crippen LogP contribution in [0.4, 0.5) is 0 Å². The molecule has 1 fully saturated rings. The molecule has 0 aliphatic heterocycles. The van der Waals surface area contributed by atoms with Gasteiger partial charge in [-0.25, -0.2) is 0 Å². The van der Waals surface area contributed by atoms with Crippen molar-refractivity contribution in [1.29, 1.82) is 0 Å². The Hall–Kier alpha value is -1.07. The Morgan fingerprint density at radius 1 is 1.29 bits per heavy atom. The van der Waals surface area contributed by atoms with Crippen LogP contribution in [0, 0.1) is 5.92 Å². The van der Waals surface area contributed by atoms with E-state index in [9.17, 15) is 5.11 Å². The number of nitrogens with zero attached hydrogens (tertiary/aromatic N) is 1. The van der Waals surface area contributed by atoms with Gasteiger partial charge in [-0.05, 0) is 49.8 Å². The van der Waals surface area contributed by atoms with Crippen molar-refractivity contribution in [3.63, 3.8) is 0 Å². The molecule has 4 nitrogen and oxygen atoms in total. The van der Waals surface area contributed by atoms with Gasteiger partial charge in [0.05, 0.1) is 0 Å². The van der Waals surface area contributed by atoms with Crippen LogP contribution in [0.2, 0.25) is 0 Å². The summed E-state index contributed by atoms with van der Waals surface area (Å²) < 4.78 is 1.12. The number of aliphatic hydroxyl groups excluding tert-OH is 1. The maximum atomic E-state index is 9.18. The van der Waals surface area contributed by atoms with Crippen molar-refractivity contribution in [1.82, 2.24) is 10.6 Å². The van der Waals surface area contributed by atoms with Crippen molar-refractivity contribution in [3.8, 4) is 0 Å². The zero-order valence-corrected chi connectivity index (χ0v) is 16.3. The van der Waals surface area contributed by atoms with Crippen LogP contribution in [0.5, 0.6) is 0 Å². The summed E-state index contributed by atoms with van der Waals surface area (Å²) in [5.74, 6) is 1.95. The van der Waals surface area contributed by atoms with Gasteiger partial charge in [-0.1, -0.05) is 41.4 Å². The second-order valence-electron chi connectivity index (χ2n) is 6.53. The van der Waals surface area contributed by atoms with Crippen LogP contribution >= 0.6 is 15.9 Å². The molecular weight excluding hydrogens is 366 g/mol. The van der Waals surface area contributed by atoms with E-state index in [1.807, 2.05) is 0 Å². The third kappa shape index (κ3) is 6.10. The lowest BCUT2D eigenvalue weighted by Crippen LogP contribution is -2.39. The molecule has 2 rings (SSSR count). The third-order valence-electron chi connectivity index (χ3n) is 4.50. The monoisotopic (exact) mass is 395 g/mol. The maximum absolute atomic E-state index is 9.18. The normalized spacial score (nSPS) is 21.4. The van der Waals surface area contributed by atoms with Gasteiger partial charge in [0.15, 0.2) is 5.96 Å². The number of nitrogens with one attached hydrogen (secondary N) is 2. The number of aliphatic hydroxyl groups is 1. The van der Waals surface area contributed by atoms with Crippen molar-refractivity contribution >= 4 is 21.9 Å². The predicted octanol–water partition coefficient (Wildman–Crippen LogP) is 3.66. The molecule has 24 heavy (non-hydrogen) atoms. The fraction of sp³-hybridized carbons (Fsp3) is 0.632. The van der Waals surface area contributed by atoms with Crippen LogP contribution in [-0.4, -0.2) is 36.8 Å². The first kappa shape index (κ1) is 19.3. The van der Waals surface area contributed by atoms with E-state index in [1.165, 1.54) is 5.56 Å². The molecule has 5 heteroatoms. The minimum Gasteiger partial charge on any atom is -0.396 e. The van der Waals surface area contributed by atoms with E-state index >= 15 is 0 Å². The van der Waals surface area contributed by atoms with Gasteiger partial charge in [0.1, 0.15) is 0 Å². The Balaban J connectivity index is 1.89. The fourth-order valence-electron chi connectivity index (χ4n) is 3.07. The second kappa shape index (κ2) is 10.0. The second-order valence-corrected chi connectivity index (χ2v) is 7.45. The highest BCUT2D eigenvalue weighted by Crippen LogP contribution is 2.40. The van der Waals surface area contributed by atoms with E-state index in [0.29, 0.717) is 17.9 Å². The van der Waals surface area contributed by atoms with E-state index in [4.69, 9.17) is 4.99 Å². The van der Waals surface area contributed by atoms with E-state index in [2.05, 4.69) is 64.7 Å². The average molecular weight is 396 g/mol. The molecule has 1 aromatic carbocycles. The molecule has 3 N–H and O–H groups in total. The van der Waals surface area contributed by atoms with Gasteiger partial charge in [-0.3, -0.25) is 4.99 Å². The quantitative estimate of drug-likeness (QED) is 0.441. The van der Waals surface area contributed by atoms with Gasteiger partial charge < -0.3 is 15.7 Å². The van der Waals surface area contributed by atoms with Gasteiger partial charge in [0.2, 0.25) is 0 Å². The van der Waals surface area contributed by atoms with Crippen LogP contribution in [0.15, 0.2) is 33.7 Å². The molecule has 0 amide bonds. The number of aliphatic imine (C=N–C) groups is 1. The van der Waals surface area contributed by atoms with Crippen molar-refractivity contribution < 1.29 is 5.11 Å². The maximum Gasteiger partial charge on any atom is 0.191 e. The highest BCUT2D eigenvalue weighted by atomic mass is 79.9. The lowest BCUT2D eigenvalue weighted by Gasteiger charge is -2.15. The first-order chi connectivity index (χ1) is 11.7. The van der Waals surface area contributed by atoms with Gasteiger partial charge in [0.25, 0.3) is 0 Å². The number of guanidine groups is 1. The van der Waals surface area contributed by atoms with Gasteiger partial charge >= 0.3 is 0 Å². The smallest absolute Gasteiger partial charge is 0.191 e. The van der Waals surface area contributed by atoms with Crippen LogP contribution in [0.1, 0.15) is 51.0 Å². The molecule has 0 saturated heterocycles. The minimum atomic E-state index is 0.248. The molecule has 3 atom stereocenters. The molecule has 1 aliphatic carbocycles. The Morgan fingerprint density at radius 3 is 2.67 bits per heavy atom. The van der Waals surface area contributed by atoms with Crippen molar-refractivity contribution in [3.05, 3.63) is 34.3 Å². The summed E-state index contributed by atoms with van der Waals surface area (Å²) in [6.07, 6.45) is 4.25. The molecule has 0 heterocycles. The van der Waals surface area contributed by atoms with Gasteiger partial charge in [-0.15, -0.1) is 0 Å². The topological polar surface area (TPSA) is 56.7 Å². The Morgan fingerprint density at radius 2 is 2.04 bits per heavy atom. The van der Waals surface area contributed by atoms with Crippen LogP contribution in [0.25, 0.3) is 0 Å². The van der Waals surface area contributed by atoms with Crippen LogP contribution in [-0.2, 0) is 0 Å². The summed E-state index contributed by atoms with van der Waals surface area (Å²) in [5.41, 5.74) is 1.38. The lowest BCUT2D eigenvalue weighted by atomic mass is 10.0. The van der Waals surface area contributed by atoms with Crippen LogP contribution in [0.3, 0.4) is 0 Å². The van der Waals surface area contributed by atoms with Gasteiger partial charge in [0, 0.05) is 36.1 Å². The average Bonchev–Trinajstić information content (AvgIpc) is 3.33. The predicted molar refractivity (Wildman–Crippen MR) is 105 cm³/mol. The molecule has 1 aromatic rings. The van der Waals surface area contributed by atoms with E-state index < -0.39 is 0 Å². The minimum absolute atomic E-state index is 0.248. The summed E-state index contributed by atoms with van der Waals surface area (Å²) in [4.78, 5) is 4.75. The van der Waals surface area contributed by atoms with Crippen molar-refractivity contribution in [2.75, 3.05) is 19.7 Å². The molecule has 1 aliphatic rings. The molecule has 3 unspecified atom stereocenters. The number of halogens is 1. The first-order valence-electron chi connectivity index (χ1n) is 9.09. The zero-order chi connectivity index (χ0) is 17.4. The van der Waals surface area contributed by atoms with Gasteiger partial charge in [-0.2, -0.15) is 0 Å². The van der Waals surface area contributed by atoms with Crippen LogP contribution < -0.4 is 10.6 Å². The SMILES string of the molecule is CCCC(CCO)CN=C(NCC)NC1CC1c1ccc(Br)cc1. The molecule has 0 spiro atoms. The third-order valence-corrected chi connectivity index (χ3v) is 5.03. The van der Waals surface area contributed by atoms with E-state index in [1.54, 1.807) is 0 Å². The molecule has 134 valence electrons. The molecule has 0 radical (unpaired) electrons. The highest BCUT2D eigenvalue weighted by Gasteiger charge is 2.38. The Labute approximate surface area is 154 Å². The number of rotatable bonds is 9. The van der Waals surface area contributed by atoms with E-state index in [0.717, 1.165) is 49.2 Å². The lowest BCUT2D eigenvalue weighted by molar-refractivity contribution is 0.253. The number of hydrogen-bond acceptors (Lipinski definition) is 2. The number of benzene rings is 1. The highest BCUT2D eigenvalue weighted by molar-refractivity contribution is 9.10. The summed E-state index contributed by atoms with van der Waals surface area (Å²) >= 11 is 3.49. The molecule has 1 saturated carbocycles. The fourth-order valence-corrected chi connectivity index (χ4v) is 3.33. The summed E-state index contributed by atoms with van der Waals surface area (Å²) in [6.45, 7) is 6.16. The standard InChI is InChI=1S/C19H30BrN3O/c1-3-5-14(10-11-24)13-22-19(21-4-2)23-18-12-17(18)15-6-8-16(20)9-7-15/h6-9,14,17-18,24H,3-5,10-13H2,1-2H3,(H2,21,22,23). The Bertz CT molecular complexity index is 512. The Kier molecular flexibility index (Phi) is 8.06. The van der Waals surface area contributed by atoms with Crippen molar-refractivity contribution in [2.45, 2.75) is 51.5 Å². The van der Waals surface area contributed by atoms with Crippen molar-refractivity contribution in [2.24, 2.45) is 10.9 Å². The summed E-state index contributed by atoms with van der Waals surface area (Å²) in [7, 11) is 0. The summed E-state index contributed by atoms with van der Waals surface area (Å²) in [5, 5.41) is 16.1. The molecular formula is C19H30BrN3O. The van der Waals surface area contributed by atoms with E-state index in [-0.39, 0.29) is 6.61 Å². The molecule has 0 bridgehead atoms. The zero-order valence-electron chi connectivity index (χ0n) is 14.8. The summed E-state index contributed by atoms with van der Waals surface area (Å²) in [6, 6.07) is 9.06. The number of hydrogen-bond donors (Lipinski definition) is 3. The largest absolute Gasteiger partial charge is 0.396 e. The first-order valence-corrected chi connectivity index (χ1v) is 9.88.